The summed E-state index contributed by atoms with van der Waals surface area (Å²) in [5, 5.41) is 7.31. The first-order chi connectivity index (χ1) is 13.4. The first kappa shape index (κ1) is 19.3. The standard InChI is InChI=1S/C21H18N2O4S/c1-13-6-3-4-7-16(13)20(25)23-17-10-9-15(12-18(17)27-14(2)24)22-21(26)19-8-5-11-28-19/h3-12H,1-2H3,(H,22,26)(H,23,25). The zero-order valence-electron chi connectivity index (χ0n) is 15.3. The Morgan fingerprint density at radius 3 is 2.39 bits per heavy atom. The number of esters is 1. The average molecular weight is 394 g/mol. The van der Waals surface area contributed by atoms with Gasteiger partial charge in [-0.05, 0) is 42.1 Å². The van der Waals surface area contributed by atoms with Crippen LogP contribution in [0.5, 0.6) is 5.75 Å². The number of ether oxygens (including phenoxy) is 1. The summed E-state index contributed by atoms with van der Waals surface area (Å²) in [6.45, 7) is 3.11. The summed E-state index contributed by atoms with van der Waals surface area (Å²) in [6.07, 6.45) is 0. The third kappa shape index (κ3) is 4.63. The molecule has 2 aromatic carbocycles. The van der Waals surface area contributed by atoms with Crippen molar-refractivity contribution in [1.82, 2.24) is 0 Å². The lowest BCUT2D eigenvalue weighted by Gasteiger charge is -2.13. The average Bonchev–Trinajstić information content (AvgIpc) is 3.18. The van der Waals surface area contributed by atoms with E-state index in [1.807, 2.05) is 24.4 Å². The Bertz CT molecular complexity index is 1030. The van der Waals surface area contributed by atoms with E-state index in [4.69, 9.17) is 4.74 Å². The van der Waals surface area contributed by atoms with Gasteiger partial charge in [-0.15, -0.1) is 11.3 Å². The number of benzene rings is 2. The van der Waals surface area contributed by atoms with Crippen LogP contribution in [0.2, 0.25) is 0 Å². The van der Waals surface area contributed by atoms with Crippen LogP contribution in [-0.2, 0) is 4.79 Å². The Labute approximate surface area is 166 Å². The molecule has 142 valence electrons. The van der Waals surface area contributed by atoms with E-state index < -0.39 is 5.97 Å². The second-order valence-corrected chi connectivity index (χ2v) is 6.95. The van der Waals surface area contributed by atoms with Crippen LogP contribution >= 0.6 is 11.3 Å². The monoisotopic (exact) mass is 394 g/mol. The van der Waals surface area contributed by atoms with Gasteiger partial charge in [-0.3, -0.25) is 14.4 Å². The molecule has 2 amide bonds. The molecule has 0 unspecified atom stereocenters. The van der Waals surface area contributed by atoms with Gasteiger partial charge in [0.2, 0.25) is 0 Å². The van der Waals surface area contributed by atoms with Crippen molar-refractivity contribution < 1.29 is 19.1 Å². The molecule has 7 heteroatoms. The zero-order chi connectivity index (χ0) is 20.1. The van der Waals surface area contributed by atoms with Gasteiger partial charge >= 0.3 is 5.97 Å². The minimum Gasteiger partial charge on any atom is -0.424 e. The summed E-state index contributed by atoms with van der Waals surface area (Å²) >= 11 is 1.32. The third-order valence-corrected chi connectivity index (χ3v) is 4.74. The summed E-state index contributed by atoms with van der Waals surface area (Å²) < 4.78 is 5.22. The number of aryl methyl sites for hydroxylation is 1. The highest BCUT2D eigenvalue weighted by atomic mass is 32.1. The normalized spacial score (nSPS) is 10.2. The molecule has 28 heavy (non-hydrogen) atoms. The van der Waals surface area contributed by atoms with E-state index in [1.54, 1.807) is 36.4 Å². The number of rotatable bonds is 5. The van der Waals surface area contributed by atoms with Gasteiger partial charge in [0.1, 0.15) is 0 Å². The van der Waals surface area contributed by atoms with E-state index in [9.17, 15) is 14.4 Å². The summed E-state index contributed by atoms with van der Waals surface area (Å²) in [5.41, 5.74) is 2.13. The highest BCUT2D eigenvalue weighted by Crippen LogP contribution is 2.29. The third-order valence-electron chi connectivity index (χ3n) is 3.88. The van der Waals surface area contributed by atoms with Crippen LogP contribution in [0.15, 0.2) is 60.0 Å². The fourth-order valence-electron chi connectivity index (χ4n) is 2.56. The van der Waals surface area contributed by atoms with Crippen LogP contribution < -0.4 is 15.4 Å². The zero-order valence-corrected chi connectivity index (χ0v) is 16.1. The molecule has 0 saturated heterocycles. The van der Waals surface area contributed by atoms with Crippen molar-refractivity contribution >= 4 is 40.5 Å². The van der Waals surface area contributed by atoms with Crippen molar-refractivity contribution in [3.8, 4) is 5.75 Å². The molecule has 3 aromatic rings. The lowest BCUT2D eigenvalue weighted by molar-refractivity contribution is -0.131. The molecule has 0 aliphatic rings. The molecule has 0 saturated carbocycles. The molecule has 0 aliphatic carbocycles. The Balaban J connectivity index is 1.84. The Kier molecular flexibility index (Phi) is 5.86. The van der Waals surface area contributed by atoms with E-state index in [1.165, 1.54) is 24.3 Å². The van der Waals surface area contributed by atoms with E-state index in [0.717, 1.165) is 5.56 Å². The van der Waals surface area contributed by atoms with Gasteiger partial charge in [-0.2, -0.15) is 0 Å². The van der Waals surface area contributed by atoms with Crippen molar-refractivity contribution in [2.24, 2.45) is 0 Å². The van der Waals surface area contributed by atoms with Crippen molar-refractivity contribution in [2.75, 3.05) is 10.6 Å². The molecule has 1 aromatic heterocycles. The predicted molar refractivity (Wildman–Crippen MR) is 109 cm³/mol. The summed E-state index contributed by atoms with van der Waals surface area (Å²) in [7, 11) is 0. The Hall–Kier alpha value is -3.45. The van der Waals surface area contributed by atoms with Crippen LogP contribution in [0.1, 0.15) is 32.5 Å². The molecule has 2 N–H and O–H groups in total. The number of carbonyl (C=O) groups excluding carboxylic acids is 3. The highest BCUT2D eigenvalue weighted by molar-refractivity contribution is 7.12. The fraction of sp³-hybridized carbons (Fsp3) is 0.0952. The van der Waals surface area contributed by atoms with Crippen LogP contribution in [0.4, 0.5) is 11.4 Å². The van der Waals surface area contributed by atoms with Gasteiger partial charge in [0.25, 0.3) is 11.8 Å². The minimum atomic E-state index is -0.534. The lowest BCUT2D eigenvalue weighted by atomic mass is 10.1. The molecule has 0 atom stereocenters. The van der Waals surface area contributed by atoms with Gasteiger partial charge in [0.05, 0.1) is 10.6 Å². The van der Waals surface area contributed by atoms with E-state index >= 15 is 0 Å². The van der Waals surface area contributed by atoms with Crippen LogP contribution in [-0.4, -0.2) is 17.8 Å². The van der Waals surface area contributed by atoms with E-state index in [2.05, 4.69) is 10.6 Å². The van der Waals surface area contributed by atoms with Crippen molar-refractivity contribution in [2.45, 2.75) is 13.8 Å². The maximum absolute atomic E-state index is 12.6. The van der Waals surface area contributed by atoms with Crippen molar-refractivity contribution in [1.29, 1.82) is 0 Å². The van der Waals surface area contributed by atoms with E-state index in [-0.39, 0.29) is 17.6 Å². The minimum absolute atomic E-state index is 0.151. The number of nitrogens with one attached hydrogen (secondary N) is 2. The SMILES string of the molecule is CC(=O)Oc1cc(NC(=O)c2cccs2)ccc1NC(=O)c1ccccc1C. The summed E-state index contributed by atoms with van der Waals surface area (Å²) in [5.74, 6) is -0.964. The number of amides is 2. The first-order valence-electron chi connectivity index (χ1n) is 8.48. The second kappa shape index (κ2) is 8.49. The molecule has 3 rings (SSSR count). The lowest BCUT2D eigenvalue weighted by Crippen LogP contribution is -2.15. The maximum atomic E-state index is 12.6. The highest BCUT2D eigenvalue weighted by Gasteiger charge is 2.15. The van der Waals surface area contributed by atoms with Crippen molar-refractivity contribution in [3.05, 3.63) is 76.0 Å². The van der Waals surface area contributed by atoms with E-state index in [0.29, 0.717) is 21.8 Å². The van der Waals surface area contributed by atoms with Crippen LogP contribution in [0.3, 0.4) is 0 Å². The molecule has 0 bridgehead atoms. The fourth-order valence-corrected chi connectivity index (χ4v) is 3.18. The molecule has 6 nitrogen and oxygen atoms in total. The predicted octanol–water partition coefficient (Wildman–Crippen LogP) is 4.49. The number of anilines is 2. The molecule has 1 heterocycles. The van der Waals surface area contributed by atoms with Crippen LogP contribution in [0.25, 0.3) is 0 Å². The maximum Gasteiger partial charge on any atom is 0.308 e. The quantitative estimate of drug-likeness (QED) is 0.493. The first-order valence-corrected chi connectivity index (χ1v) is 9.36. The van der Waals surface area contributed by atoms with Gasteiger partial charge in [-0.25, -0.2) is 0 Å². The molecule has 0 radical (unpaired) electrons. The Morgan fingerprint density at radius 1 is 0.929 bits per heavy atom. The molecular formula is C21H18N2O4S. The van der Waals surface area contributed by atoms with Gasteiger partial charge in [-0.1, -0.05) is 24.3 Å². The largest absolute Gasteiger partial charge is 0.424 e. The molecule has 0 spiro atoms. The number of hydrogen-bond acceptors (Lipinski definition) is 5. The topological polar surface area (TPSA) is 84.5 Å². The summed E-state index contributed by atoms with van der Waals surface area (Å²) in [6, 6.07) is 15.4. The molecular weight excluding hydrogens is 376 g/mol. The Morgan fingerprint density at radius 2 is 1.71 bits per heavy atom. The number of thiophene rings is 1. The van der Waals surface area contributed by atoms with Gasteiger partial charge < -0.3 is 15.4 Å². The van der Waals surface area contributed by atoms with Gasteiger partial charge in [0.15, 0.2) is 5.75 Å². The second-order valence-electron chi connectivity index (χ2n) is 6.01. The number of carbonyl (C=O) groups is 3. The van der Waals surface area contributed by atoms with Crippen molar-refractivity contribution in [3.63, 3.8) is 0 Å². The van der Waals surface area contributed by atoms with Gasteiger partial charge in [0, 0.05) is 24.2 Å². The summed E-state index contributed by atoms with van der Waals surface area (Å²) in [4.78, 5) is 36.8. The smallest absolute Gasteiger partial charge is 0.308 e. The molecule has 0 aliphatic heterocycles. The number of hydrogen-bond donors (Lipinski definition) is 2. The molecule has 0 fully saturated rings. The van der Waals surface area contributed by atoms with Crippen LogP contribution in [0, 0.1) is 6.92 Å².